The fourth-order valence-electron chi connectivity index (χ4n) is 1.60. The van der Waals surface area contributed by atoms with Gasteiger partial charge in [-0.2, -0.15) is 74.6 Å². The van der Waals surface area contributed by atoms with Crippen LogP contribution in [0.25, 0.3) is 0 Å². The van der Waals surface area contributed by atoms with Gasteiger partial charge in [0.25, 0.3) is 0 Å². The zero-order valence-corrected chi connectivity index (χ0v) is 13.2. The average molecular weight is 478 g/mol. The molecule has 0 aliphatic carbocycles. The van der Waals surface area contributed by atoms with Crippen molar-refractivity contribution in [2.24, 2.45) is 5.92 Å². The van der Waals surface area contributed by atoms with Crippen molar-refractivity contribution in [3.05, 3.63) is 0 Å². The van der Waals surface area contributed by atoms with Crippen LogP contribution in [0.3, 0.4) is 0 Å². The molecule has 176 valence electrons. The van der Waals surface area contributed by atoms with E-state index >= 15 is 0 Å². The van der Waals surface area contributed by atoms with Gasteiger partial charge in [0.2, 0.25) is 0 Å². The lowest BCUT2D eigenvalue weighted by molar-refractivity contribution is -0.463. The van der Waals surface area contributed by atoms with Gasteiger partial charge in [-0.3, -0.25) is 0 Å². The summed E-state index contributed by atoms with van der Waals surface area (Å²) >= 11 is 0. The molecule has 0 radical (unpaired) electrons. The summed E-state index contributed by atoms with van der Waals surface area (Å²) in [6, 6.07) is 0. The molecule has 29 heavy (non-hydrogen) atoms. The second-order valence-electron chi connectivity index (χ2n) is 5.65. The number of aliphatic hydroxyl groups excluding tert-OH is 1. The van der Waals surface area contributed by atoms with Crippen molar-refractivity contribution in [2.75, 3.05) is 6.61 Å². The van der Waals surface area contributed by atoms with E-state index < -0.39 is 60.2 Å². The standard InChI is InChI=1S/C11H7F17O/c1-3(2-29)4(12,13)5(14,15)6(16,17)7(18,19)8(20,21)9(22,23)10(24,25)11(26,27)28/h3,29H,2H2,1H3/t3-/m0/s1. The first-order valence-electron chi connectivity index (χ1n) is 6.55. The fourth-order valence-corrected chi connectivity index (χ4v) is 1.60. The molecule has 0 aliphatic heterocycles. The summed E-state index contributed by atoms with van der Waals surface area (Å²) < 4.78 is 219. The van der Waals surface area contributed by atoms with Crippen LogP contribution in [0.1, 0.15) is 6.92 Å². The molecule has 0 saturated heterocycles. The van der Waals surface area contributed by atoms with Crippen LogP contribution in [0, 0.1) is 5.92 Å². The maximum Gasteiger partial charge on any atom is 0.460 e. The molecule has 0 rings (SSSR count). The van der Waals surface area contributed by atoms with Gasteiger partial charge in [0.15, 0.2) is 0 Å². The Balaban J connectivity index is 6.73. The molecule has 0 aromatic rings. The molecule has 18 heteroatoms. The maximum absolute atomic E-state index is 13.3. The molecule has 0 amide bonds. The molecular weight excluding hydrogens is 471 g/mol. The Morgan fingerprint density at radius 1 is 0.483 bits per heavy atom. The lowest BCUT2D eigenvalue weighted by Gasteiger charge is -2.43. The summed E-state index contributed by atoms with van der Waals surface area (Å²) in [7, 11) is 0. The third-order valence-corrected chi connectivity index (χ3v) is 3.64. The Hall–Kier alpha value is -1.23. The highest BCUT2D eigenvalue weighted by molar-refractivity contribution is 5.15. The minimum absolute atomic E-state index is 0.216. The summed E-state index contributed by atoms with van der Waals surface area (Å²) in [5.74, 6) is -59.9. The van der Waals surface area contributed by atoms with Gasteiger partial charge in [-0.05, 0) is 0 Å². The Bertz CT molecular complexity index is 589. The second kappa shape index (κ2) is 6.90. The van der Waals surface area contributed by atoms with Crippen LogP contribution in [-0.4, -0.2) is 59.3 Å². The topological polar surface area (TPSA) is 20.2 Å². The summed E-state index contributed by atoms with van der Waals surface area (Å²) in [5.41, 5.74) is 0. The van der Waals surface area contributed by atoms with Crippen molar-refractivity contribution < 1.29 is 79.7 Å². The number of rotatable bonds is 8. The minimum Gasteiger partial charge on any atom is -0.396 e. The Kier molecular flexibility index (Phi) is 6.60. The van der Waals surface area contributed by atoms with Gasteiger partial charge in [0.1, 0.15) is 0 Å². The van der Waals surface area contributed by atoms with Gasteiger partial charge in [-0.15, -0.1) is 0 Å². The van der Waals surface area contributed by atoms with Crippen LogP contribution in [0.2, 0.25) is 0 Å². The molecule has 1 atom stereocenters. The zero-order chi connectivity index (χ0) is 24.3. The summed E-state index contributed by atoms with van der Waals surface area (Å²) in [6.45, 7) is -2.39. The molecule has 0 spiro atoms. The lowest BCUT2D eigenvalue weighted by atomic mass is 9.86. The van der Waals surface area contributed by atoms with E-state index in [0.29, 0.717) is 0 Å². The van der Waals surface area contributed by atoms with Gasteiger partial charge in [-0.1, -0.05) is 6.92 Å². The van der Waals surface area contributed by atoms with E-state index in [0.717, 1.165) is 0 Å². The first-order chi connectivity index (χ1) is 12.2. The molecule has 0 bridgehead atoms. The average Bonchev–Trinajstić information content (AvgIpc) is 2.51. The summed E-state index contributed by atoms with van der Waals surface area (Å²) in [4.78, 5) is 0. The molecule has 0 heterocycles. The van der Waals surface area contributed by atoms with Gasteiger partial charge >= 0.3 is 47.6 Å². The van der Waals surface area contributed by atoms with Crippen molar-refractivity contribution in [2.45, 2.75) is 54.6 Å². The number of hydrogen-bond acceptors (Lipinski definition) is 1. The maximum atomic E-state index is 13.3. The van der Waals surface area contributed by atoms with Crippen LogP contribution in [0.15, 0.2) is 0 Å². The van der Waals surface area contributed by atoms with E-state index in [9.17, 15) is 74.6 Å². The Labute approximate surface area is 148 Å². The van der Waals surface area contributed by atoms with E-state index in [1.165, 1.54) is 0 Å². The van der Waals surface area contributed by atoms with Crippen LogP contribution in [-0.2, 0) is 0 Å². The van der Waals surface area contributed by atoms with Crippen molar-refractivity contribution in [1.29, 1.82) is 0 Å². The quantitative estimate of drug-likeness (QED) is 0.449. The summed E-state index contributed by atoms with van der Waals surface area (Å²) in [6.07, 6.45) is -7.77. The smallest absolute Gasteiger partial charge is 0.396 e. The van der Waals surface area contributed by atoms with E-state index in [4.69, 9.17) is 5.11 Å². The molecule has 0 aromatic heterocycles. The number of hydrogen-bond donors (Lipinski definition) is 1. The van der Waals surface area contributed by atoms with Gasteiger partial charge < -0.3 is 5.11 Å². The Morgan fingerprint density at radius 3 is 0.966 bits per heavy atom. The van der Waals surface area contributed by atoms with Crippen molar-refractivity contribution in [3.8, 4) is 0 Å². The summed E-state index contributed by atoms with van der Waals surface area (Å²) in [5, 5.41) is 8.25. The largest absolute Gasteiger partial charge is 0.460 e. The van der Waals surface area contributed by atoms with E-state index in [1.807, 2.05) is 0 Å². The SMILES string of the molecule is C[C@@H](CO)C(F)(F)C(F)(F)C(F)(F)C(F)(F)C(F)(F)C(F)(F)C(F)(F)C(F)(F)F. The van der Waals surface area contributed by atoms with Crippen molar-refractivity contribution >= 4 is 0 Å². The van der Waals surface area contributed by atoms with Crippen molar-refractivity contribution in [3.63, 3.8) is 0 Å². The number of alkyl halides is 17. The third-order valence-electron chi connectivity index (χ3n) is 3.64. The predicted octanol–water partition coefficient (Wildman–Crippen LogP) is 5.62. The molecule has 0 aliphatic rings. The highest BCUT2D eigenvalue weighted by atomic mass is 19.4. The van der Waals surface area contributed by atoms with Gasteiger partial charge in [-0.25, -0.2) is 0 Å². The zero-order valence-electron chi connectivity index (χ0n) is 13.2. The monoisotopic (exact) mass is 478 g/mol. The van der Waals surface area contributed by atoms with Gasteiger partial charge in [0.05, 0.1) is 6.61 Å². The molecule has 1 nitrogen and oxygen atoms in total. The van der Waals surface area contributed by atoms with E-state index in [2.05, 4.69) is 0 Å². The minimum atomic E-state index is -8.63. The lowest BCUT2D eigenvalue weighted by Crippen LogP contribution is -2.74. The van der Waals surface area contributed by atoms with Crippen LogP contribution < -0.4 is 0 Å². The Morgan fingerprint density at radius 2 is 0.724 bits per heavy atom. The fraction of sp³-hybridized carbons (Fsp3) is 1.00. The van der Waals surface area contributed by atoms with Gasteiger partial charge in [0, 0.05) is 5.92 Å². The highest BCUT2D eigenvalue weighted by Gasteiger charge is 2.95. The molecular formula is C11H7F17O. The van der Waals surface area contributed by atoms with Crippen LogP contribution in [0.4, 0.5) is 74.6 Å². The first kappa shape index (κ1) is 27.8. The number of halogens is 17. The second-order valence-corrected chi connectivity index (χ2v) is 5.65. The van der Waals surface area contributed by atoms with Crippen molar-refractivity contribution in [1.82, 2.24) is 0 Å². The van der Waals surface area contributed by atoms with Crippen LogP contribution >= 0.6 is 0 Å². The van der Waals surface area contributed by atoms with Crippen LogP contribution in [0.5, 0.6) is 0 Å². The molecule has 1 N–H and O–H groups in total. The first-order valence-corrected chi connectivity index (χ1v) is 6.55. The normalized spacial score (nSPS) is 17.5. The molecule has 0 fully saturated rings. The van der Waals surface area contributed by atoms with E-state index in [1.54, 1.807) is 0 Å². The molecule has 0 aromatic carbocycles. The number of aliphatic hydroxyl groups is 1. The predicted molar refractivity (Wildman–Crippen MR) is 56.9 cm³/mol. The van der Waals surface area contributed by atoms with E-state index in [-0.39, 0.29) is 6.92 Å². The third kappa shape index (κ3) is 3.37. The molecule has 0 unspecified atom stereocenters. The molecule has 0 saturated carbocycles. The highest BCUT2D eigenvalue weighted by Crippen LogP contribution is 2.64.